The van der Waals surface area contributed by atoms with Crippen LogP contribution >= 0.6 is 0 Å². The lowest BCUT2D eigenvalue weighted by Gasteiger charge is -1.74. The normalized spacial score (nSPS) is 12.1. The molecule has 2 N–H and O–H groups in total. The summed E-state index contributed by atoms with van der Waals surface area (Å²) in [6.45, 7) is 0. The van der Waals surface area contributed by atoms with Gasteiger partial charge in [-0.15, -0.1) is 0 Å². The summed E-state index contributed by atoms with van der Waals surface area (Å²) in [5.41, 5.74) is 0. The van der Waals surface area contributed by atoms with Crippen molar-refractivity contribution in [3.63, 3.8) is 0 Å². The summed E-state index contributed by atoms with van der Waals surface area (Å²) >= 11 is 0. The molecule has 0 spiro atoms. The average Bonchev–Trinajstić information content (AvgIpc) is 1.59. The molecule has 0 rings (SSSR count). The molecule has 0 aliphatic heterocycles. The van der Waals surface area contributed by atoms with Crippen LogP contribution in [0.3, 0.4) is 0 Å². The fourth-order valence-corrected chi connectivity index (χ4v) is 0.242. The van der Waals surface area contributed by atoms with Crippen LogP contribution < -0.4 is 5.14 Å². The van der Waals surface area contributed by atoms with E-state index in [2.05, 4.69) is 9.66 Å². The van der Waals surface area contributed by atoms with E-state index >= 15 is 0 Å². The average molecular weight is 154 g/mol. The van der Waals surface area contributed by atoms with Crippen molar-refractivity contribution in [2.45, 2.75) is 0 Å². The van der Waals surface area contributed by atoms with Gasteiger partial charge >= 0.3 is 10.2 Å². The van der Waals surface area contributed by atoms with Gasteiger partial charge in [0.25, 0.3) is 0 Å². The topological polar surface area (TPSA) is 128 Å². The van der Waals surface area contributed by atoms with Gasteiger partial charge in [0.1, 0.15) is 0 Å². The molecule has 9 heteroatoms. The molecular formula is H2N4O4S. The van der Waals surface area contributed by atoms with Crippen LogP contribution in [0, 0.1) is 10.1 Å². The van der Waals surface area contributed by atoms with Crippen molar-refractivity contribution >= 4 is 10.2 Å². The Labute approximate surface area is 49.7 Å². The zero-order valence-corrected chi connectivity index (χ0v) is 4.78. The first-order valence-electron chi connectivity index (χ1n) is 1.52. The molecule has 0 unspecified atom stereocenters. The molecular weight excluding hydrogens is 152 g/mol. The van der Waals surface area contributed by atoms with Crippen LogP contribution in [0.2, 0.25) is 0 Å². The highest BCUT2D eigenvalue weighted by Crippen LogP contribution is 1.80. The first-order chi connectivity index (χ1) is 3.92. The van der Waals surface area contributed by atoms with Gasteiger partial charge < -0.3 is 10.1 Å². The molecule has 0 aromatic heterocycles. The van der Waals surface area contributed by atoms with Crippen LogP contribution in [0.15, 0.2) is 9.74 Å². The van der Waals surface area contributed by atoms with E-state index in [-0.39, 0.29) is 0 Å². The van der Waals surface area contributed by atoms with Crippen molar-refractivity contribution < 1.29 is 13.5 Å². The Morgan fingerprint density at radius 2 is 2.00 bits per heavy atom. The molecule has 0 saturated heterocycles. The quantitative estimate of drug-likeness (QED) is 0.305. The molecule has 0 aliphatic carbocycles. The Morgan fingerprint density at radius 3 is 2.11 bits per heavy atom. The van der Waals surface area contributed by atoms with E-state index in [0.29, 0.717) is 0 Å². The van der Waals surface area contributed by atoms with Gasteiger partial charge in [-0.25, -0.2) is 0 Å². The minimum atomic E-state index is -4.20. The summed E-state index contributed by atoms with van der Waals surface area (Å²) < 4.78 is 21.6. The molecule has 9 heavy (non-hydrogen) atoms. The zero-order chi connectivity index (χ0) is 7.49. The van der Waals surface area contributed by atoms with Gasteiger partial charge in [0.05, 0.1) is 5.03 Å². The maximum atomic E-state index is 9.75. The maximum Gasteiger partial charge on any atom is 0.432 e. The third kappa shape index (κ3) is 6.91. The lowest BCUT2D eigenvalue weighted by atomic mass is 12.6. The molecule has 0 aromatic rings. The van der Waals surface area contributed by atoms with Gasteiger partial charge in [0.15, 0.2) is 9.74 Å². The minimum absolute atomic E-state index is 1.27. The van der Waals surface area contributed by atoms with E-state index in [0.717, 1.165) is 0 Å². The minimum Gasteiger partial charge on any atom is -0.337 e. The van der Waals surface area contributed by atoms with Crippen molar-refractivity contribution in [3.05, 3.63) is 10.1 Å². The Hall–Kier alpha value is -1.09. The molecule has 52 valence electrons. The van der Waals surface area contributed by atoms with E-state index in [4.69, 9.17) is 0 Å². The highest BCUT2D eigenvalue weighted by molar-refractivity contribution is 7.87. The summed E-state index contributed by atoms with van der Waals surface area (Å²) in [4.78, 5) is 9.27. The van der Waals surface area contributed by atoms with Crippen LogP contribution in [-0.4, -0.2) is 13.5 Å². The van der Waals surface area contributed by atoms with Crippen LogP contribution in [0.1, 0.15) is 0 Å². The van der Waals surface area contributed by atoms with E-state index < -0.39 is 15.2 Å². The van der Waals surface area contributed by atoms with Gasteiger partial charge in [-0.2, -0.15) is 13.6 Å². The van der Waals surface area contributed by atoms with Crippen LogP contribution in [0.25, 0.3) is 0 Å². The standard InChI is InChI=1S/H2N4O4S/c1-9(7,8)3-2-4(5)6/h(H2,1,7,8). The van der Waals surface area contributed by atoms with E-state index in [1.807, 2.05) is 5.22 Å². The predicted octanol–water partition coefficient (Wildman–Crippen LogP) is -1.17. The number of hydrogen-bond donors (Lipinski definition) is 1. The Morgan fingerprint density at radius 1 is 1.56 bits per heavy atom. The van der Waals surface area contributed by atoms with Gasteiger partial charge in [-0.05, 0) is 0 Å². The summed E-state index contributed by atoms with van der Waals surface area (Å²) in [7, 11) is -4.20. The molecule has 0 heterocycles. The van der Waals surface area contributed by atoms with Gasteiger partial charge in [-0.3, -0.25) is 0 Å². The fraction of sp³-hybridized carbons (Fsp3) is 0. The Bertz CT molecular complexity index is 223. The van der Waals surface area contributed by atoms with Crippen LogP contribution in [0.4, 0.5) is 0 Å². The molecule has 0 saturated carbocycles. The van der Waals surface area contributed by atoms with E-state index in [1.54, 1.807) is 0 Å². The van der Waals surface area contributed by atoms with Crippen LogP contribution in [-0.2, 0) is 10.2 Å². The van der Waals surface area contributed by atoms with E-state index in [9.17, 15) is 18.5 Å². The number of hydrogen-bond acceptors (Lipinski definition) is 4. The monoisotopic (exact) mass is 154 g/mol. The van der Waals surface area contributed by atoms with Gasteiger partial charge in [0, 0.05) is 0 Å². The third-order valence-corrected chi connectivity index (χ3v) is 0.524. The largest absolute Gasteiger partial charge is 0.432 e. The predicted molar refractivity (Wildman–Crippen MR) is 25.0 cm³/mol. The fourth-order valence-electron chi connectivity index (χ4n) is 0.0807. The number of nitrogens with zero attached hydrogens (tertiary/aromatic N) is 3. The maximum absolute atomic E-state index is 9.75. The molecule has 0 aromatic carbocycles. The third-order valence-electron chi connectivity index (χ3n) is 0.223. The molecule has 0 aliphatic rings. The summed E-state index contributed by atoms with van der Waals surface area (Å²) in [6.07, 6.45) is 0. The Kier molecular flexibility index (Phi) is 2.16. The number of nitro groups is 1. The first-order valence-corrected chi connectivity index (χ1v) is 3.02. The first kappa shape index (κ1) is 7.91. The molecule has 0 radical (unpaired) electrons. The zero-order valence-electron chi connectivity index (χ0n) is 3.96. The molecule has 0 bridgehead atoms. The van der Waals surface area contributed by atoms with Crippen molar-refractivity contribution in [3.8, 4) is 0 Å². The summed E-state index contributed by atoms with van der Waals surface area (Å²) in [6, 6.07) is 0. The SMILES string of the molecule is NS(=O)(=O)N=N[N+](=O)[O-]. The van der Waals surface area contributed by atoms with Crippen LogP contribution in [0.5, 0.6) is 0 Å². The second-order valence-electron chi connectivity index (χ2n) is 0.924. The lowest BCUT2D eigenvalue weighted by molar-refractivity contribution is -0.493. The highest BCUT2D eigenvalue weighted by atomic mass is 32.2. The second kappa shape index (κ2) is 2.46. The number of nitrogens with two attached hydrogens (primary N) is 1. The molecule has 8 nitrogen and oxygen atoms in total. The Balaban J connectivity index is 4.21. The van der Waals surface area contributed by atoms with Crippen molar-refractivity contribution in [2.75, 3.05) is 0 Å². The van der Waals surface area contributed by atoms with Gasteiger partial charge in [0.2, 0.25) is 0 Å². The van der Waals surface area contributed by atoms with Crippen molar-refractivity contribution in [1.29, 1.82) is 0 Å². The van der Waals surface area contributed by atoms with Crippen molar-refractivity contribution in [1.82, 2.24) is 0 Å². The lowest BCUT2D eigenvalue weighted by Crippen LogP contribution is -2.07. The van der Waals surface area contributed by atoms with Crippen molar-refractivity contribution in [2.24, 2.45) is 14.9 Å². The number of rotatable bonds is 2. The van der Waals surface area contributed by atoms with Gasteiger partial charge in [-0.1, -0.05) is 0 Å². The smallest absolute Gasteiger partial charge is 0.337 e. The molecule has 0 amide bonds. The summed E-state index contributed by atoms with van der Waals surface area (Å²) in [5.74, 6) is 0. The van der Waals surface area contributed by atoms with E-state index in [1.165, 1.54) is 0 Å². The molecule has 0 atom stereocenters. The molecule has 0 fully saturated rings. The summed E-state index contributed by atoms with van der Waals surface area (Å²) in [5, 5.41) is 14.2. The second-order valence-corrected chi connectivity index (χ2v) is 2.12. The highest BCUT2D eigenvalue weighted by Gasteiger charge is 2.05.